The average Bonchev–Trinajstić information content (AvgIpc) is 3.06. The minimum Gasteiger partial charge on any atom is -0.400 e. The molecule has 3 N–H and O–H groups in total. The number of hydrogen-bond acceptors (Lipinski definition) is 4. The van der Waals surface area contributed by atoms with Crippen molar-refractivity contribution in [2.75, 3.05) is 26.7 Å². The zero-order valence-electron chi connectivity index (χ0n) is 15.9. The molecule has 0 aliphatic carbocycles. The molecule has 1 aliphatic heterocycles. The van der Waals surface area contributed by atoms with Crippen LogP contribution in [0.5, 0.6) is 0 Å². The molecular weight excluding hydrogens is 378 g/mol. The van der Waals surface area contributed by atoms with Crippen molar-refractivity contribution in [1.29, 1.82) is 0 Å². The number of nitrogens with zero attached hydrogens (tertiary/aromatic N) is 2. The third-order valence-electron chi connectivity index (χ3n) is 5.23. The number of hydrogen-bond donors (Lipinski definition) is 3. The molecule has 28 heavy (non-hydrogen) atoms. The summed E-state index contributed by atoms with van der Waals surface area (Å²) in [6.07, 6.45) is 1.27. The maximum absolute atomic E-state index is 12.4. The van der Waals surface area contributed by atoms with Gasteiger partial charge in [0.15, 0.2) is 0 Å². The van der Waals surface area contributed by atoms with Crippen LogP contribution in [0.2, 0.25) is 5.02 Å². The number of fused-ring (bicyclic) bond motifs is 1. The number of rotatable bonds is 4. The largest absolute Gasteiger partial charge is 0.400 e. The van der Waals surface area contributed by atoms with Crippen LogP contribution in [-0.2, 0) is 0 Å². The van der Waals surface area contributed by atoms with Crippen LogP contribution < -0.4 is 5.69 Å². The first kappa shape index (κ1) is 20.6. The normalized spacial score (nSPS) is 16.6. The van der Waals surface area contributed by atoms with Gasteiger partial charge in [-0.3, -0.25) is 4.57 Å². The Labute approximate surface area is 169 Å². The fraction of sp³-hybridized carbons (Fsp3) is 0.381. The number of aromatic nitrogens is 2. The SMILES string of the molecule is CO.O=c1[nH]c2ccccc2n1C1CCN(CC(O)c2ccc(Cl)cc2)CC1. The van der Waals surface area contributed by atoms with Crippen molar-refractivity contribution in [1.82, 2.24) is 14.5 Å². The Morgan fingerprint density at radius 1 is 1.11 bits per heavy atom. The molecule has 4 rings (SSSR count). The van der Waals surface area contributed by atoms with Crippen molar-refractivity contribution >= 4 is 22.6 Å². The molecule has 0 radical (unpaired) electrons. The maximum atomic E-state index is 12.4. The number of imidazole rings is 1. The Morgan fingerprint density at radius 2 is 1.75 bits per heavy atom. The zero-order chi connectivity index (χ0) is 20.1. The molecule has 1 saturated heterocycles. The lowest BCUT2D eigenvalue weighted by Gasteiger charge is -2.33. The molecule has 150 valence electrons. The second-order valence-electron chi connectivity index (χ2n) is 6.92. The molecule has 0 saturated carbocycles. The van der Waals surface area contributed by atoms with Gasteiger partial charge in [-0.2, -0.15) is 0 Å². The molecule has 0 bridgehead atoms. The summed E-state index contributed by atoms with van der Waals surface area (Å²) >= 11 is 5.90. The molecule has 1 unspecified atom stereocenters. The number of likely N-dealkylation sites (tertiary alicyclic amines) is 1. The molecule has 1 aromatic heterocycles. The van der Waals surface area contributed by atoms with Crippen LogP contribution in [0.15, 0.2) is 53.3 Å². The number of nitrogens with one attached hydrogen (secondary N) is 1. The van der Waals surface area contributed by atoms with Crippen LogP contribution in [0, 0.1) is 0 Å². The van der Waals surface area contributed by atoms with Gasteiger partial charge >= 0.3 is 5.69 Å². The number of halogens is 1. The van der Waals surface area contributed by atoms with E-state index in [4.69, 9.17) is 16.7 Å². The molecule has 2 heterocycles. The average molecular weight is 404 g/mol. The molecule has 2 aromatic carbocycles. The molecule has 0 amide bonds. The minimum atomic E-state index is -0.528. The van der Waals surface area contributed by atoms with Crippen molar-refractivity contribution in [3.8, 4) is 0 Å². The number of aliphatic hydroxyl groups excluding tert-OH is 2. The lowest BCUT2D eigenvalue weighted by molar-refractivity contribution is 0.0907. The number of β-amino-alcohol motifs (C(OH)–C–C–N with tert-alkyl or cyclic N) is 1. The Bertz CT molecular complexity index is 943. The van der Waals surface area contributed by atoms with E-state index >= 15 is 0 Å². The van der Waals surface area contributed by atoms with Gasteiger partial charge in [0.2, 0.25) is 0 Å². The van der Waals surface area contributed by atoms with Crippen molar-refractivity contribution in [3.63, 3.8) is 0 Å². The van der Waals surface area contributed by atoms with Crippen LogP contribution >= 0.6 is 11.6 Å². The molecule has 1 aliphatic rings. The maximum Gasteiger partial charge on any atom is 0.326 e. The van der Waals surface area contributed by atoms with Gasteiger partial charge in [-0.1, -0.05) is 35.9 Å². The van der Waals surface area contributed by atoms with Gasteiger partial charge in [0.05, 0.1) is 17.1 Å². The predicted molar refractivity (Wildman–Crippen MR) is 112 cm³/mol. The van der Waals surface area contributed by atoms with E-state index < -0.39 is 6.10 Å². The Kier molecular flexibility index (Phi) is 6.91. The van der Waals surface area contributed by atoms with Gasteiger partial charge in [-0.05, 0) is 42.7 Å². The number of aliphatic hydroxyl groups is 2. The predicted octanol–water partition coefficient (Wildman–Crippen LogP) is 2.96. The summed E-state index contributed by atoms with van der Waals surface area (Å²) < 4.78 is 1.89. The Hall–Kier alpha value is -2.12. The molecule has 6 nitrogen and oxygen atoms in total. The third kappa shape index (κ3) is 4.47. The number of H-pyrrole nitrogens is 1. The quantitative estimate of drug-likeness (QED) is 0.625. The van der Waals surface area contributed by atoms with Crippen LogP contribution in [0.3, 0.4) is 0 Å². The molecule has 3 aromatic rings. The Balaban J connectivity index is 0.00000109. The van der Waals surface area contributed by atoms with Crippen molar-refractivity contribution < 1.29 is 10.2 Å². The summed E-state index contributed by atoms with van der Waals surface area (Å²) in [7, 11) is 1.00. The first-order valence-electron chi connectivity index (χ1n) is 9.41. The smallest absolute Gasteiger partial charge is 0.326 e. The van der Waals surface area contributed by atoms with E-state index in [9.17, 15) is 9.90 Å². The van der Waals surface area contributed by atoms with Gasteiger partial charge < -0.3 is 20.1 Å². The van der Waals surface area contributed by atoms with E-state index in [0.29, 0.717) is 11.6 Å². The zero-order valence-corrected chi connectivity index (χ0v) is 16.6. The highest BCUT2D eigenvalue weighted by Gasteiger charge is 2.24. The van der Waals surface area contributed by atoms with Gasteiger partial charge in [-0.25, -0.2) is 4.79 Å². The van der Waals surface area contributed by atoms with Crippen LogP contribution in [-0.4, -0.2) is 51.4 Å². The molecular formula is C21H26ClN3O3. The summed E-state index contributed by atoms with van der Waals surface area (Å²) in [5.74, 6) is 0. The number of benzene rings is 2. The van der Waals surface area contributed by atoms with Gasteiger partial charge in [0.25, 0.3) is 0 Å². The number of aromatic amines is 1. The van der Waals surface area contributed by atoms with Crippen molar-refractivity contribution in [3.05, 3.63) is 69.6 Å². The van der Waals surface area contributed by atoms with E-state index in [1.165, 1.54) is 0 Å². The molecule has 0 spiro atoms. The van der Waals surface area contributed by atoms with Crippen LogP contribution in [0.4, 0.5) is 0 Å². The standard InChI is InChI=1S/C20H22ClN3O2.CH4O/c21-15-7-5-14(6-8-15)19(25)13-23-11-9-16(10-12-23)24-18-4-2-1-3-17(18)22-20(24)26;1-2/h1-8,16,19,25H,9-13H2,(H,22,26);2H,1H3. The highest BCUT2D eigenvalue weighted by Crippen LogP contribution is 2.26. The highest BCUT2D eigenvalue weighted by atomic mass is 35.5. The van der Waals surface area contributed by atoms with E-state index in [0.717, 1.165) is 49.6 Å². The summed E-state index contributed by atoms with van der Waals surface area (Å²) in [6.45, 7) is 2.32. The van der Waals surface area contributed by atoms with Crippen molar-refractivity contribution in [2.24, 2.45) is 0 Å². The van der Waals surface area contributed by atoms with E-state index in [1.54, 1.807) is 12.1 Å². The van der Waals surface area contributed by atoms with E-state index in [2.05, 4.69) is 9.88 Å². The molecule has 1 atom stereocenters. The fourth-order valence-electron chi connectivity index (χ4n) is 3.83. The highest BCUT2D eigenvalue weighted by molar-refractivity contribution is 6.30. The van der Waals surface area contributed by atoms with Gasteiger partial charge in [-0.15, -0.1) is 0 Å². The first-order chi connectivity index (χ1) is 13.6. The van der Waals surface area contributed by atoms with Crippen molar-refractivity contribution in [2.45, 2.75) is 25.0 Å². The lowest BCUT2D eigenvalue weighted by atomic mass is 10.0. The number of para-hydroxylation sites is 2. The van der Waals surface area contributed by atoms with E-state index in [1.807, 2.05) is 41.0 Å². The molecule has 1 fully saturated rings. The molecule has 7 heteroatoms. The first-order valence-corrected chi connectivity index (χ1v) is 9.79. The summed E-state index contributed by atoms with van der Waals surface area (Å²) in [5, 5.41) is 18.1. The topological polar surface area (TPSA) is 81.5 Å². The summed E-state index contributed by atoms with van der Waals surface area (Å²) in [6, 6.07) is 15.4. The third-order valence-corrected chi connectivity index (χ3v) is 5.48. The number of piperidine rings is 1. The second-order valence-corrected chi connectivity index (χ2v) is 7.35. The van der Waals surface area contributed by atoms with Gasteiger partial charge in [0.1, 0.15) is 0 Å². The van der Waals surface area contributed by atoms with Gasteiger partial charge in [0, 0.05) is 37.8 Å². The fourth-order valence-corrected chi connectivity index (χ4v) is 3.96. The van der Waals surface area contributed by atoms with Crippen LogP contribution in [0.1, 0.15) is 30.6 Å². The summed E-state index contributed by atoms with van der Waals surface area (Å²) in [5.41, 5.74) is 2.70. The summed E-state index contributed by atoms with van der Waals surface area (Å²) in [4.78, 5) is 17.5. The second kappa shape index (κ2) is 9.39. The minimum absolute atomic E-state index is 0.0363. The monoisotopic (exact) mass is 403 g/mol. The van der Waals surface area contributed by atoms with E-state index in [-0.39, 0.29) is 11.7 Å². The van der Waals surface area contributed by atoms with Crippen LogP contribution in [0.25, 0.3) is 11.0 Å². The lowest BCUT2D eigenvalue weighted by Crippen LogP contribution is -2.39. The Morgan fingerprint density at radius 3 is 2.43 bits per heavy atom.